The Labute approximate surface area is 98.6 Å². The van der Waals surface area contributed by atoms with E-state index < -0.39 is 12.0 Å². The average Bonchev–Trinajstić information content (AvgIpc) is 2.19. The number of hydrogen-bond acceptors (Lipinski definition) is 3. The van der Waals surface area contributed by atoms with E-state index in [1.807, 2.05) is 13.8 Å². The van der Waals surface area contributed by atoms with Crippen molar-refractivity contribution in [2.24, 2.45) is 5.73 Å². The number of halogens is 1. The van der Waals surface area contributed by atoms with E-state index in [-0.39, 0.29) is 17.2 Å². The lowest BCUT2D eigenvalue weighted by atomic mass is 9.96. The lowest BCUT2D eigenvalue weighted by Gasteiger charge is -2.15. The number of aliphatic carboxylic acids is 1. The molecule has 1 unspecified atom stereocenters. The van der Waals surface area contributed by atoms with Gasteiger partial charge in [-0.25, -0.2) is 0 Å². The van der Waals surface area contributed by atoms with Gasteiger partial charge in [-0.1, -0.05) is 25.4 Å². The molecule has 0 bridgehead atoms. The first-order valence-corrected chi connectivity index (χ1v) is 5.23. The quantitative estimate of drug-likeness (QED) is 0.760. The SMILES string of the molecule is CC(C)c1cc(Cl)cc(C(N)C(=O)O)c1O. The van der Waals surface area contributed by atoms with E-state index >= 15 is 0 Å². The van der Waals surface area contributed by atoms with Crippen LogP contribution in [0.2, 0.25) is 5.02 Å². The van der Waals surface area contributed by atoms with Crippen LogP contribution >= 0.6 is 11.6 Å². The van der Waals surface area contributed by atoms with E-state index in [0.717, 1.165) is 0 Å². The second-order valence-electron chi connectivity index (χ2n) is 3.90. The Hall–Kier alpha value is -1.26. The van der Waals surface area contributed by atoms with Gasteiger partial charge in [0.15, 0.2) is 0 Å². The van der Waals surface area contributed by atoms with Crippen molar-refractivity contribution in [3.8, 4) is 5.75 Å². The third kappa shape index (κ3) is 2.46. The minimum atomic E-state index is -1.27. The molecule has 4 nitrogen and oxygen atoms in total. The van der Waals surface area contributed by atoms with Gasteiger partial charge in [0, 0.05) is 10.6 Å². The van der Waals surface area contributed by atoms with Gasteiger partial charge in [-0.15, -0.1) is 0 Å². The summed E-state index contributed by atoms with van der Waals surface area (Å²) in [5.41, 5.74) is 6.20. The Morgan fingerprint density at radius 1 is 1.38 bits per heavy atom. The smallest absolute Gasteiger partial charge is 0.325 e. The van der Waals surface area contributed by atoms with Crippen LogP contribution in [0.25, 0.3) is 0 Å². The van der Waals surface area contributed by atoms with Crippen LogP contribution in [0.5, 0.6) is 5.75 Å². The topological polar surface area (TPSA) is 83.6 Å². The van der Waals surface area contributed by atoms with Crippen LogP contribution in [-0.2, 0) is 4.79 Å². The molecule has 0 aliphatic rings. The van der Waals surface area contributed by atoms with Crippen LogP contribution in [0.4, 0.5) is 0 Å². The molecule has 1 aromatic carbocycles. The van der Waals surface area contributed by atoms with Crippen molar-refractivity contribution in [1.82, 2.24) is 0 Å². The van der Waals surface area contributed by atoms with Crippen LogP contribution in [0, 0.1) is 0 Å². The average molecular weight is 244 g/mol. The van der Waals surface area contributed by atoms with Gasteiger partial charge < -0.3 is 15.9 Å². The molecular weight excluding hydrogens is 230 g/mol. The van der Waals surface area contributed by atoms with Gasteiger partial charge in [0.25, 0.3) is 0 Å². The zero-order valence-corrected chi connectivity index (χ0v) is 9.82. The Kier molecular flexibility index (Phi) is 3.78. The zero-order valence-electron chi connectivity index (χ0n) is 9.07. The van der Waals surface area contributed by atoms with Crippen molar-refractivity contribution in [1.29, 1.82) is 0 Å². The summed E-state index contributed by atoms with van der Waals surface area (Å²) in [6.45, 7) is 3.75. The predicted octanol–water partition coefficient (Wildman–Crippen LogP) is 2.25. The molecular formula is C11H14ClNO3. The first-order valence-electron chi connectivity index (χ1n) is 4.85. The summed E-state index contributed by atoms with van der Waals surface area (Å²) in [7, 11) is 0. The van der Waals surface area contributed by atoms with Crippen molar-refractivity contribution in [3.63, 3.8) is 0 Å². The number of benzene rings is 1. The molecule has 0 spiro atoms. The summed E-state index contributed by atoms with van der Waals surface area (Å²) < 4.78 is 0. The minimum Gasteiger partial charge on any atom is -0.507 e. The fraction of sp³-hybridized carbons (Fsp3) is 0.364. The molecule has 0 aliphatic carbocycles. The fourth-order valence-corrected chi connectivity index (χ4v) is 1.69. The number of carboxylic acids is 1. The first-order chi connectivity index (χ1) is 7.34. The molecule has 0 fully saturated rings. The predicted molar refractivity (Wildman–Crippen MR) is 61.8 cm³/mol. The Morgan fingerprint density at radius 2 is 1.88 bits per heavy atom. The van der Waals surface area contributed by atoms with E-state index in [1.165, 1.54) is 6.07 Å². The van der Waals surface area contributed by atoms with Crippen molar-refractivity contribution in [3.05, 3.63) is 28.3 Å². The fourth-order valence-electron chi connectivity index (χ4n) is 1.45. The van der Waals surface area contributed by atoms with Crippen LogP contribution in [0.3, 0.4) is 0 Å². The van der Waals surface area contributed by atoms with Crippen LogP contribution in [0.1, 0.15) is 36.9 Å². The van der Waals surface area contributed by atoms with E-state index in [9.17, 15) is 9.90 Å². The summed E-state index contributed by atoms with van der Waals surface area (Å²) in [5, 5.41) is 19.1. The third-order valence-electron chi connectivity index (χ3n) is 2.36. The zero-order chi connectivity index (χ0) is 12.5. The molecule has 0 saturated heterocycles. The third-order valence-corrected chi connectivity index (χ3v) is 2.57. The van der Waals surface area contributed by atoms with E-state index in [1.54, 1.807) is 6.07 Å². The van der Waals surface area contributed by atoms with Gasteiger partial charge in [-0.3, -0.25) is 4.79 Å². The molecule has 0 aromatic heterocycles. The summed E-state index contributed by atoms with van der Waals surface area (Å²) in [4.78, 5) is 10.8. The lowest BCUT2D eigenvalue weighted by molar-refractivity contribution is -0.138. The molecule has 0 radical (unpaired) electrons. The molecule has 5 heteroatoms. The molecule has 0 amide bonds. The lowest BCUT2D eigenvalue weighted by Crippen LogP contribution is -2.21. The Morgan fingerprint density at radius 3 is 2.31 bits per heavy atom. The molecule has 0 saturated carbocycles. The number of phenols is 1. The highest BCUT2D eigenvalue weighted by Crippen LogP contribution is 2.35. The van der Waals surface area contributed by atoms with Crippen molar-refractivity contribution in [2.45, 2.75) is 25.8 Å². The molecule has 0 aliphatic heterocycles. The number of carboxylic acid groups (broad SMARTS) is 1. The summed E-state index contributed by atoms with van der Waals surface area (Å²) in [5.74, 6) is -1.25. The van der Waals surface area contributed by atoms with Crippen molar-refractivity contribution < 1.29 is 15.0 Å². The number of hydrogen-bond donors (Lipinski definition) is 3. The highest BCUT2D eigenvalue weighted by Gasteiger charge is 2.21. The summed E-state index contributed by atoms with van der Waals surface area (Å²) in [6, 6.07) is 1.72. The Balaban J connectivity index is 3.35. The summed E-state index contributed by atoms with van der Waals surface area (Å²) in [6.07, 6.45) is 0. The second-order valence-corrected chi connectivity index (χ2v) is 4.34. The normalized spacial score (nSPS) is 12.8. The highest BCUT2D eigenvalue weighted by atomic mass is 35.5. The van der Waals surface area contributed by atoms with E-state index in [2.05, 4.69) is 0 Å². The first kappa shape index (κ1) is 12.8. The van der Waals surface area contributed by atoms with Gasteiger partial charge in [0.1, 0.15) is 11.8 Å². The molecule has 1 aromatic rings. The second kappa shape index (κ2) is 4.72. The van der Waals surface area contributed by atoms with Crippen LogP contribution < -0.4 is 5.73 Å². The Bertz CT molecular complexity index is 418. The maximum atomic E-state index is 10.8. The number of aromatic hydroxyl groups is 1. The van der Waals surface area contributed by atoms with E-state index in [0.29, 0.717) is 10.6 Å². The van der Waals surface area contributed by atoms with Crippen molar-refractivity contribution in [2.75, 3.05) is 0 Å². The summed E-state index contributed by atoms with van der Waals surface area (Å²) >= 11 is 5.86. The van der Waals surface area contributed by atoms with Gasteiger partial charge in [-0.2, -0.15) is 0 Å². The maximum absolute atomic E-state index is 10.8. The van der Waals surface area contributed by atoms with Crippen molar-refractivity contribution >= 4 is 17.6 Å². The number of phenolic OH excluding ortho intramolecular Hbond substituents is 1. The number of carbonyl (C=O) groups is 1. The van der Waals surface area contributed by atoms with Gasteiger partial charge in [0.2, 0.25) is 0 Å². The standard InChI is InChI=1S/C11H14ClNO3/c1-5(2)7-3-6(12)4-8(10(7)14)9(13)11(15)16/h3-5,9,14H,13H2,1-2H3,(H,15,16). The molecule has 1 rings (SSSR count). The molecule has 16 heavy (non-hydrogen) atoms. The molecule has 88 valence electrons. The minimum absolute atomic E-state index is 0.0402. The molecule has 0 heterocycles. The van der Waals surface area contributed by atoms with E-state index in [4.69, 9.17) is 22.4 Å². The van der Waals surface area contributed by atoms with Gasteiger partial charge in [0.05, 0.1) is 0 Å². The maximum Gasteiger partial charge on any atom is 0.325 e. The van der Waals surface area contributed by atoms with Gasteiger partial charge in [-0.05, 0) is 23.6 Å². The van der Waals surface area contributed by atoms with Crippen LogP contribution in [-0.4, -0.2) is 16.2 Å². The van der Waals surface area contributed by atoms with Gasteiger partial charge >= 0.3 is 5.97 Å². The number of nitrogens with two attached hydrogens (primary N) is 1. The molecule has 1 atom stereocenters. The largest absolute Gasteiger partial charge is 0.507 e. The monoisotopic (exact) mass is 243 g/mol. The van der Waals surface area contributed by atoms with Crippen LogP contribution in [0.15, 0.2) is 12.1 Å². The molecule has 4 N–H and O–H groups in total. The highest BCUT2D eigenvalue weighted by molar-refractivity contribution is 6.30. The number of rotatable bonds is 3.